The zero-order valence-corrected chi connectivity index (χ0v) is 14.4. The summed E-state index contributed by atoms with van der Waals surface area (Å²) in [7, 11) is 0. The van der Waals surface area contributed by atoms with Crippen LogP contribution >= 0.6 is 23.1 Å². The fourth-order valence-corrected chi connectivity index (χ4v) is 4.07. The van der Waals surface area contributed by atoms with Crippen molar-refractivity contribution in [2.75, 3.05) is 0 Å². The van der Waals surface area contributed by atoms with Crippen molar-refractivity contribution in [3.8, 4) is 16.3 Å². The molecule has 0 aliphatic heterocycles. The number of hydrogen-bond acceptors (Lipinski definition) is 5. The van der Waals surface area contributed by atoms with Crippen molar-refractivity contribution in [3.63, 3.8) is 0 Å². The Morgan fingerprint density at radius 2 is 1.71 bits per heavy atom. The monoisotopic (exact) mass is 350 g/mol. The second kappa shape index (κ2) is 6.98. The van der Waals surface area contributed by atoms with Gasteiger partial charge in [0.25, 0.3) is 0 Å². The fourth-order valence-electron chi connectivity index (χ4n) is 2.31. The number of aromatic nitrogens is 4. The van der Waals surface area contributed by atoms with Crippen molar-refractivity contribution in [3.05, 3.63) is 78.1 Å². The van der Waals surface area contributed by atoms with Gasteiger partial charge in [-0.05, 0) is 12.1 Å². The van der Waals surface area contributed by atoms with E-state index in [1.165, 1.54) is 0 Å². The third-order valence-electron chi connectivity index (χ3n) is 3.47. The Bertz CT molecular complexity index is 916. The molecule has 0 atom stereocenters. The highest BCUT2D eigenvalue weighted by atomic mass is 32.2. The van der Waals surface area contributed by atoms with Crippen LogP contribution in [0.25, 0.3) is 16.3 Å². The van der Waals surface area contributed by atoms with Gasteiger partial charge >= 0.3 is 0 Å². The largest absolute Gasteiger partial charge is 0.277 e. The van der Waals surface area contributed by atoms with Crippen LogP contribution in [0.4, 0.5) is 0 Å². The van der Waals surface area contributed by atoms with Crippen LogP contribution < -0.4 is 0 Å². The van der Waals surface area contributed by atoms with Crippen molar-refractivity contribution < 1.29 is 0 Å². The minimum Gasteiger partial charge on any atom is -0.277 e. The fraction of sp³-hybridized carbons (Fsp3) is 0.0556. The third-order valence-corrected chi connectivity index (χ3v) is 5.39. The summed E-state index contributed by atoms with van der Waals surface area (Å²) in [5.74, 6) is 0.773. The molecule has 4 nitrogen and oxygen atoms in total. The lowest BCUT2D eigenvalue weighted by Gasteiger charge is -2.04. The van der Waals surface area contributed by atoms with E-state index < -0.39 is 0 Å². The summed E-state index contributed by atoms with van der Waals surface area (Å²) in [4.78, 5) is 4.72. The second-order valence-electron chi connectivity index (χ2n) is 5.12. The second-order valence-corrected chi connectivity index (χ2v) is 6.92. The van der Waals surface area contributed by atoms with E-state index in [0.29, 0.717) is 0 Å². The molecule has 0 fully saturated rings. The maximum atomic E-state index is 4.72. The summed E-state index contributed by atoms with van der Waals surface area (Å²) < 4.78 is 2.00. The highest BCUT2D eigenvalue weighted by molar-refractivity contribution is 7.98. The van der Waals surface area contributed by atoms with Crippen molar-refractivity contribution in [1.29, 1.82) is 0 Å². The number of benzene rings is 2. The van der Waals surface area contributed by atoms with Gasteiger partial charge in [-0.15, -0.1) is 21.5 Å². The molecule has 0 saturated carbocycles. The van der Waals surface area contributed by atoms with Gasteiger partial charge in [-0.2, -0.15) is 0 Å². The highest BCUT2D eigenvalue weighted by Gasteiger charge is 2.09. The third kappa shape index (κ3) is 3.25. The van der Waals surface area contributed by atoms with Crippen molar-refractivity contribution in [2.24, 2.45) is 0 Å². The normalized spacial score (nSPS) is 10.8. The number of thiazole rings is 1. The Morgan fingerprint density at radius 3 is 2.50 bits per heavy atom. The van der Waals surface area contributed by atoms with E-state index in [0.717, 1.165) is 32.9 Å². The van der Waals surface area contributed by atoms with Crippen LogP contribution in [0, 0.1) is 0 Å². The van der Waals surface area contributed by atoms with E-state index in [1.54, 1.807) is 29.4 Å². The van der Waals surface area contributed by atoms with Crippen LogP contribution in [0.2, 0.25) is 0 Å². The molecule has 6 heteroatoms. The minimum atomic E-state index is 0.773. The van der Waals surface area contributed by atoms with E-state index in [-0.39, 0.29) is 0 Å². The van der Waals surface area contributed by atoms with E-state index >= 15 is 0 Å². The molecule has 0 spiro atoms. The molecule has 4 rings (SSSR count). The number of hydrogen-bond donors (Lipinski definition) is 0. The smallest absolute Gasteiger partial charge is 0.195 e. The molecule has 24 heavy (non-hydrogen) atoms. The summed E-state index contributed by atoms with van der Waals surface area (Å²) >= 11 is 3.32. The molecule has 0 unspecified atom stereocenters. The molecular weight excluding hydrogens is 336 g/mol. The molecule has 0 aliphatic rings. The van der Waals surface area contributed by atoms with Gasteiger partial charge in [0, 0.05) is 22.4 Å². The van der Waals surface area contributed by atoms with Crippen LogP contribution in [0.1, 0.15) is 5.69 Å². The van der Waals surface area contributed by atoms with Crippen LogP contribution in [-0.4, -0.2) is 19.7 Å². The van der Waals surface area contributed by atoms with Crippen molar-refractivity contribution in [2.45, 2.75) is 10.9 Å². The predicted octanol–water partition coefficient (Wildman–Crippen LogP) is 4.68. The van der Waals surface area contributed by atoms with Gasteiger partial charge in [0.2, 0.25) is 0 Å². The Morgan fingerprint density at radius 1 is 0.958 bits per heavy atom. The van der Waals surface area contributed by atoms with Gasteiger partial charge in [0.05, 0.1) is 5.69 Å². The number of nitrogens with zero attached hydrogens (tertiary/aromatic N) is 4. The average molecular weight is 350 g/mol. The molecule has 0 bridgehead atoms. The zero-order valence-electron chi connectivity index (χ0n) is 12.7. The maximum Gasteiger partial charge on any atom is 0.195 e. The molecular formula is C18H14N4S2. The standard InChI is InChI=1S/C18H14N4S2/c1-3-7-14(8-4-1)17-20-15(11-23-17)12-24-18-21-19-13-22(18)16-9-5-2-6-10-16/h1-11,13H,12H2. The van der Waals surface area contributed by atoms with Crippen molar-refractivity contribution >= 4 is 23.1 Å². The van der Waals surface area contributed by atoms with Gasteiger partial charge in [0.1, 0.15) is 11.3 Å². The molecule has 118 valence electrons. The van der Waals surface area contributed by atoms with Crippen LogP contribution in [0.15, 0.2) is 77.5 Å². The molecule has 2 aromatic heterocycles. The summed E-state index contributed by atoms with van der Waals surface area (Å²) in [6.07, 6.45) is 1.74. The topological polar surface area (TPSA) is 43.6 Å². The summed E-state index contributed by atoms with van der Waals surface area (Å²) in [6, 6.07) is 20.4. The van der Waals surface area contributed by atoms with Crippen LogP contribution in [0.5, 0.6) is 0 Å². The lowest BCUT2D eigenvalue weighted by atomic mass is 10.2. The Balaban J connectivity index is 1.49. The summed E-state index contributed by atoms with van der Waals surface area (Å²) in [5.41, 5.74) is 3.28. The first-order valence-electron chi connectivity index (χ1n) is 7.48. The Kier molecular flexibility index (Phi) is 4.40. The first kappa shape index (κ1) is 15.1. The zero-order chi connectivity index (χ0) is 16.2. The van der Waals surface area contributed by atoms with Crippen LogP contribution in [0.3, 0.4) is 0 Å². The minimum absolute atomic E-state index is 0.773. The molecule has 0 aliphatic carbocycles. The molecule has 4 aromatic rings. The van der Waals surface area contributed by atoms with Gasteiger partial charge in [-0.25, -0.2) is 4.98 Å². The molecule has 2 heterocycles. The lowest BCUT2D eigenvalue weighted by molar-refractivity contribution is 0.883. The molecule has 0 saturated heterocycles. The predicted molar refractivity (Wildman–Crippen MR) is 98.5 cm³/mol. The first-order chi connectivity index (χ1) is 11.9. The van der Waals surface area contributed by atoms with Gasteiger partial charge in [-0.1, -0.05) is 60.3 Å². The van der Waals surface area contributed by atoms with E-state index in [9.17, 15) is 0 Å². The summed E-state index contributed by atoms with van der Waals surface area (Å²) in [5, 5.41) is 12.3. The number of thioether (sulfide) groups is 1. The van der Waals surface area contributed by atoms with Crippen molar-refractivity contribution in [1.82, 2.24) is 19.7 Å². The molecule has 0 radical (unpaired) electrons. The van der Waals surface area contributed by atoms with E-state index in [1.807, 2.05) is 53.1 Å². The van der Waals surface area contributed by atoms with Gasteiger partial charge in [-0.3, -0.25) is 4.57 Å². The van der Waals surface area contributed by atoms with Crippen LogP contribution in [-0.2, 0) is 5.75 Å². The van der Waals surface area contributed by atoms with E-state index in [2.05, 4.69) is 27.7 Å². The quantitative estimate of drug-likeness (QED) is 0.490. The van der Waals surface area contributed by atoms with Gasteiger partial charge in [0.15, 0.2) is 5.16 Å². The average Bonchev–Trinajstić information content (AvgIpc) is 3.31. The number of rotatable bonds is 5. The summed E-state index contributed by atoms with van der Waals surface area (Å²) in [6.45, 7) is 0. The molecule has 2 aromatic carbocycles. The Labute approximate surface area is 148 Å². The Hall–Kier alpha value is -2.44. The first-order valence-corrected chi connectivity index (χ1v) is 9.35. The molecule has 0 N–H and O–H groups in total. The molecule has 0 amide bonds. The maximum absolute atomic E-state index is 4.72. The highest BCUT2D eigenvalue weighted by Crippen LogP contribution is 2.27. The SMILES string of the molecule is c1ccc(-c2nc(CSc3nncn3-c3ccccc3)cs2)cc1. The number of para-hydroxylation sites is 1. The van der Waals surface area contributed by atoms with Gasteiger partial charge < -0.3 is 0 Å². The lowest BCUT2D eigenvalue weighted by Crippen LogP contribution is -1.94. The van der Waals surface area contributed by atoms with E-state index in [4.69, 9.17) is 4.98 Å².